The highest BCUT2D eigenvalue weighted by atomic mass is 19.1. The molecule has 0 fully saturated rings. The minimum absolute atomic E-state index is 0.190. The van der Waals surface area contributed by atoms with E-state index in [1.54, 1.807) is 6.07 Å². The van der Waals surface area contributed by atoms with Crippen molar-refractivity contribution in [3.05, 3.63) is 29.6 Å². The van der Waals surface area contributed by atoms with E-state index in [2.05, 4.69) is 18.7 Å². The maximum atomic E-state index is 13.2. The molecule has 1 rings (SSSR count). The quantitative estimate of drug-likeness (QED) is 0.833. The molecule has 0 heterocycles. The van der Waals surface area contributed by atoms with Gasteiger partial charge in [0, 0.05) is 18.8 Å². The fourth-order valence-corrected chi connectivity index (χ4v) is 1.77. The number of nitrogens with zero attached hydrogens (tertiary/aromatic N) is 1. The summed E-state index contributed by atoms with van der Waals surface area (Å²) in [5.74, 6) is -0.190. The third-order valence-corrected chi connectivity index (χ3v) is 3.09. The maximum Gasteiger partial charge on any atom is 0.123 e. The largest absolute Gasteiger partial charge is 0.372 e. The molecule has 0 amide bonds. The van der Waals surface area contributed by atoms with Gasteiger partial charge in [-0.3, -0.25) is 0 Å². The molecule has 16 heavy (non-hydrogen) atoms. The Morgan fingerprint density at radius 1 is 1.44 bits per heavy atom. The van der Waals surface area contributed by atoms with E-state index in [1.807, 2.05) is 13.1 Å². The Morgan fingerprint density at radius 2 is 2.12 bits per heavy atom. The number of hydrogen-bond donors (Lipinski definition) is 1. The summed E-state index contributed by atoms with van der Waals surface area (Å²) >= 11 is 0. The minimum Gasteiger partial charge on any atom is -0.372 e. The molecule has 0 aromatic heterocycles. The number of anilines is 1. The van der Waals surface area contributed by atoms with Crippen LogP contribution in [0, 0.1) is 5.82 Å². The fraction of sp³-hybridized carbons (Fsp3) is 0.538. The van der Waals surface area contributed by atoms with Gasteiger partial charge in [-0.1, -0.05) is 6.92 Å². The van der Waals surface area contributed by atoms with E-state index in [0.29, 0.717) is 19.0 Å². The summed E-state index contributed by atoms with van der Waals surface area (Å²) < 4.78 is 13.2. The summed E-state index contributed by atoms with van der Waals surface area (Å²) in [5, 5.41) is 0. The van der Waals surface area contributed by atoms with Crippen molar-refractivity contribution in [2.75, 3.05) is 18.5 Å². The average molecular weight is 224 g/mol. The van der Waals surface area contributed by atoms with Gasteiger partial charge in [-0.15, -0.1) is 0 Å². The molecule has 2 N–H and O–H groups in total. The third kappa shape index (κ3) is 2.95. The zero-order valence-corrected chi connectivity index (χ0v) is 10.3. The molecule has 0 radical (unpaired) electrons. The maximum absolute atomic E-state index is 13.2. The molecule has 0 aliphatic rings. The van der Waals surface area contributed by atoms with E-state index in [4.69, 9.17) is 5.73 Å². The van der Waals surface area contributed by atoms with Gasteiger partial charge in [0.1, 0.15) is 5.82 Å². The second-order valence-corrected chi connectivity index (χ2v) is 4.18. The van der Waals surface area contributed by atoms with Crippen molar-refractivity contribution in [2.24, 2.45) is 5.73 Å². The molecule has 1 aromatic rings. The van der Waals surface area contributed by atoms with Crippen LogP contribution in [-0.2, 0) is 6.42 Å². The monoisotopic (exact) mass is 224 g/mol. The Balaban J connectivity index is 3.01. The van der Waals surface area contributed by atoms with Crippen molar-refractivity contribution in [1.82, 2.24) is 0 Å². The fourth-order valence-electron chi connectivity index (χ4n) is 1.77. The lowest BCUT2D eigenvalue weighted by atomic mass is 10.1. The van der Waals surface area contributed by atoms with Crippen LogP contribution in [0.3, 0.4) is 0 Å². The van der Waals surface area contributed by atoms with Gasteiger partial charge in [-0.05, 0) is 50.1 Å². The van der Waals surface area contributed by atoms with Crippen LogP contribution in [0.1, 0.15) is 25.8 Å². The van der Waals surface area contributed by atoms with Crippen LogP contribution in [0.25, 0.3) is 0 Å². The number of rotatable bonds is 5. The SMILES string of the molecule is CCC(C)N(C)c1ccc(F)cc1CCN. The van der Waals surface area contributed by atoms with E-state index in [9.17, 15) is 4.39 Å². The van der Waals surface area contributed by atoms with Crippen LogP contribution in [0.2, 0.25) is 0 Å². The number of nitrogens with two attached hydrogens (primary N) is 1. The Hall–Kier alpha value is -1.09. The Morgan fingerprint density at radius 3 is 2.69 bits per heavy atom. The van der Waals surface area contributed by atoms with E-state index in [0.717, 1.165) is 17.7 Å². The zero-order valence-electron chi connectivity index (χ0n) is 10.3. The molecular weight excluding hydrogens is 203 g/mol. The van der Waals surface area contributed by atoms with Gasteiger partial charge in [-0.25, -0.2) is 4.39 Å². The van der Waals surface area contributed by atoms with E-state index >= 15 is 0 Å². The highest BCUT2D eigenvalue weighted by Crippen LogP contribution is 2.23. The van der Waals surface area contributed by atoms with Gasteiger partial charge < -0.3 is 10.6 Å². The van der Waals surface area contributed by atoms with Crippen molar-refractivity contribution in [3.8, 4) is 0 Å². The molecule has 0 aliphatic heterocycles. The number of benzene rings is 1. The van der Waals surface area contributed by atoms with Crippen LogP contribution >= 0.6 is 0 Å². The number of hydrogen-bond acceptors (Lipinski definition) is 2. The molecule has 90 valence electrons. The molecule has 3 heteroatoms. The lowest BCUT2D eigenvalue weighted by Gasteiger charge is -2.28. The van der Waals surface area contributed by atoms with Crippen LogP contribution in [-0.4, -0.2) is 19.6 Å². The van der Waals surface area contributed by atoms with Crippen LogP contribution in [0.4, 0.5) is 10.1 Å². The van der Waals surface area contributed by atoms with Crippen molar-refractivity contribution >= 4 is 5.69 Å². The molecule has 1 aromatic carbocycles. The van der Waals surface area contributed by atoms with Gasteiger partial charge in [0.25, 0.3) is 0 Å². The summed E-state index contributed by atoms with van der Waals surface area (Å²) in [5.41, 5.74) is 7.62. The van der Waals surface area contributed by atoms with E-state index in [1.165, 1.54) is 6.07 Å². The predicted molar refractivity (Wildman–Crippen MR) is 67.3 cm³/mol. The van der Waals surface area contributed by atoms with Crippen molar-refractivity contribution in [2.45, 2.75) is 32.7 Å². The standard InChI is InChI=1S/C13H21FN2/c1-4-10(2)16(3)13-6-5-12(14)9-11(13)7-8-15/h5-6,9-10H,4,7-8,15H2,1-3H3. The van der Waals surface area contributed by atoms with Gasteiger partial charge in [0.15, 0.2) is 0 Å². The van der Waals surface area contributed by atoms with Gasteiger partial charge in [0.05, 0.1) is 0 Å². The molecule has 0 spiro atoms. The second kappa shape index (κ2) is 5.85. The molecule has 1 atom stereocenters. The molecule has 1 unspecified atom stereocenters. The Bertz CT molecular complexity index is 339. The molecule has 2 nitrogen and oxygen atoms in total. The second-order valence-electron chi connectivity index (χ2n) is 4.18. The van der Waals surface area contributed by atoms with Crippen molar-refractivity contribution in [3.63, 3.8) is 0 Å². The topological polar surface area (TPSA) is 29.3 Å². The van der Waals surface area contributed by atoms with E-state index < -0.39 is 0 Å². The summed E-state index contributed by atoms with van der Waals surface area (Å²) in [6.07, 6.45) is 1.78. The average Bonchev–Trinajstić information content (AvgIpc) is 2.28. The van der Waals surface area contributed by atoms with Crippen LogP contribution in [0.15, 0.2) is 18.2 Å². The van der Waals surface area contributed by atoms with Crippen LogP contribution in [0.5, 0.6) is 0 Å². The van der Waals surface area contributed by atoms with Crippen molar-refractivity contribution in [1.29, 1.82) is 0 Å². The first-order valence-electron chi connectivity index (χ1n) is 5.81. The first-order chi connectivity index (χ1) is 7.60. The lowest BCUT2D eigenvalue weighted by Crippen LogP contribution is -2.29. The minimum atomic E-state index is -0.190. The summed E-state index contributed by atoms with van der Waals surface area (Å²) in [6.45, 7) is 4.85. The van der Waals surface area contributed by atoms with Gasteiger partial charge in [-0.2, -0.15) is 0 Å². The highest BCUT2D eigenvalue weighted by Gasteiger charge is 2.12. The first-order valence-corrected chi connectivity index (χ1v) is 5.81. The Labute approximate surface area is 97.3 Å². The highest BCUT2D eigenvalue weighted by molar-refractivity contribution is 5.54. The van der Waals surface area contributed by atoms with Gasteiger partial charge in [0.2, 0.25) is 0 Å². The lowest BCUT2D eigenvalue weighted by molar-refractivity contribution is 0.621. The van der Waals surface area contributed by atoms with E-state index in [-0.39, 0.29) is 5.82 Å². The summed E-state index contributed by atoms with van der Waals surface area (Å²) in [6, 6.07) is 5.38. The first kappa shape index (κ1) is 13.0. The molecule has 0 saturated carbocycles. The molecule has 0 bridgehead atoms. The van der Waals surface area contributed by atoms with Crippen molar-refractivity contribution < 1.29 is 4.39 Å². The van der Waals surface area contributed by atoms with Gasteiger partial charge >= 0.3 is 0 Å². The smallest absolute Gasteiger partial charge is 0.123 e. The predicted octanol–water partition coefficient (Wildman–Crippen LogP) is 2.56. The zero-order chi connectivity index (χ0) is 12.1. The molecule has 0 saturated heterocycles. The summed E-state index contributed by atoms with van der Waals surface area (Å²) in [7, 11) is 2.04. The number of halogens is 1. The molecular formula is C13H21FN2. The summed E-state index contributed by atoms with van der Waals surface area (Å²) in [4.78, 5) is 2.18. The Kier molecular flexibility index (Phi) is 4.74. The van der Waals surface area contributed by atoms with Crippen LogP contribution < -0.4 is 10.6 Å². The third-order valence-electron chi connectivity index (χ3n) is 3.09. The molecule has 0 aliphatic carbocycles. The normalized spacial score (nSPS) is 12.6.